The van der Waals surface area contributed by atoms with Crippen LogP contribution >= 0.6 is 11.3 Å². The van der Waals surface area contributed by atoms with Crippen molar-refractivity contribution in [3.63, 3.8) is 0 Å². The van der Waals surface area contributed by atoms with Gasteiger partial charge in [0.15, 0.2) is 0 Å². The lowest BCUT2D eigenvalue weighted by atomic mass is 10.1. The van der Waals surface area contributed by atoms with Crippen LogP contribution in [0.3, 0.4) is 0 Å². The molecule has 1 aliphatic heterocycles. The van der Waals surface area contributed by atoms with E-state index in [4.69, 9.17) is 0 Å². The van der Waals surface area contributed by atoms with E-state index in [9.17, 15) is 24.5 Å². The maximum Gasteiger partial charge on any atom is 0.282 e. The Morgan fingerprint density at radius 2 is 2.00 bits per heavy atom. The Kier molecular flexibility index (Phi) is 4.56. The van der Waals surface area contributed by atoms with Crippen molar-refractivity contribution in [3.05, 3.63) is 61.8 Å². The molecule has 0 fully saturated rings. The number of thiophene rings is 1. The summed E-state index contributed by atoms with van der Waals surface area (Å²) < 4.78 is 0. The Labute approximate surface area is 152 Å². The van der Waals surface area contributed by atoms with Gasteiger partial charge in [-0.05, 0) is 24.4 Å². The van der Waals surface area contributed by atoms with Crippen LogP contribution in [0, 0.1) is 10.1 Å². The number of nitrogens with zero attached hydrogens (tertiary/aromatic N) is 3. The molecule has 0 N–H and O–H groups in total. The molecule has 3 amide bonds. The number of amides is 3. The van der Waals surface area contributed by atoms with Crippen LogP contribution in [-0.2, 0) is 11.3 Å². The SMILES string of the molecule is CC(C(=O)N(C)Cc1cccs1)N1C(=O)c2cccc([N+](=O)[O-])c2C1=O. The topological polar surface area (TPSA) is 101 Å². The predicted molar refractivity (Wildman–Crippen MR) is 93.9 cm³/mol. The molecule has 0 radical (unpaired) electrons. The second-order valence-corrected chi connectivity index (χ2v) is 6.92. The molecule has 2 heterocycles. The van der Waals surface area contributed by atoms with Gasteiger partial charge in [-0.15, -0.1) is 11.3 Å². The lowest BCUT2D eigenvalue weighted by Gasteiger charge is -2.26. The maximum absolute atomic E-state index is 12.7. The third-order valence-electron chi connectivity index (χ3n) is 4.22. The molecule has 0 saturated heterocycles. The van der Waals surface area contributed by atoms with Gasteiger partial charge in [0.1, 0.15) is 11.6 Å². The van der Waals surface area contributed by atoms with Crippen molar-refractivity contribution in [2.24, 2.45) is 0 Å². The number of rotatable bonds is 5. The summed E-state index contributed by atoms with van der Waals surface area (Å²) in [6.07, 6.45) is 0. The predicted octanol–water partition coefficient (Wildman–Crippen LogP) is 2.30. The zero-order chi connectivity index (χ0) is 19.0. The molecular weight excluding hydrogens is 358 g/mol. The molecule has 9 heteroatoms. The smallest absolute Gasteiger partial charge is 0.282 e. The first kappa shape index (κ1) is 17.7. The number of likely N-dealkylation sites (N-methyl/N-ethyl adjacent to an activating group) is 1. The number of nitro groups is 1. The van der Waals surface area contributed by atoms with Crippen molar-refractivity contribution in [1.82, 2.24) is 9.80 Å². The molecule has 26 heavy (non-hydrogen) atoms. The number of carbonyl (C=O) groups is 3. The van der Waals surface area contributed by atoms with E-state index in [0.717, 1.165) is 9.78 Å². The standard InChI is InChI=1S/C17H15N3O5S/c1-10(15(21)18(2)9-11-5-4-8-26-11)19-16(22)12-6-3-7-13(20(24)25)14(12)17(19)23/h3-8,10H,9H2,1-2H3. The number of hydrogen-bond donors (Lipinski definition) is 0. The van der Waals surface area contributed by atoms with Gasteiger partial charge >= 0.3 is 0 Å². The summed E-state index contributed by atoms with van der Waals surface area (Å²) >= 11 is 1.49. The molecule has 1 atom stereocenters. The van der Waals surface area contributed by atoms with Gasteiger partial charge < -0.3 is 4.90 Å². The normalized spacial score (nSPS) is 14.3. The Balaban J connectivity index is 1.86. The molecule has 1 aliphatic rings. The number of benzene rings is 1. The summed E-state index contributed by atoms with van der Waals surface area (Å²) in [6.45, 7) is 1.80. The van der Waals surface area contributed by atoms with Crippen LogP contribution in [0.5, 0.6) is 0 Å². The fraction of sp³-hybridized carbons (Fsp3) is 0.235. The van der Waals surface area contributed by atoms with Crippen LogP contribution in [0.2, 0.25) is 0 Å². The molecule has 1 aromatic carbocycles. The van der Waals surface area contributed by atoms with Crippen molar-refractivity contribution in [1.29, 1.82) is 0 Å². The van der Waals surface area contributed by atoms with Gasteiger partial charge in [-0.3, -0.25) is 29.4 Å². The summed E-state index contributed by atoms with van der Waals surface area (Å²) in [7, 11) is 1.58. The minimum absolute atomic E-state index is 0.0511. The highest BCUT2D eigenvalue weighted by molar-refractivity contribution is 7.09. The van der Waals surface area contributed by atoms with E-state index >= 15 is 0 Å². The number of hydrogen-bond acceptors (Lipinski definition) is 6. The van der Waals surface area contributed by atoms with Crippen LogP contribution in [0.1, 0.15) is 32.5 Å². The Morgan fingerprint density at radius 1 is 1.27 bits per heavy atom. The van der Waals surface area contributed by atoms with Crippen molar-refractivity contribution in [3.8, 4) is 0 Å². The summed E-state index contributed by atoms with van der Waals surface area (Å²) in [5, 5.41) is 13.0. The summed E-state index contributed by atoms with van der Waals surface area (Å²) in [4.78, 5) is 51.5. The van der Waals surface area contributed by atoms with Gasteiger partial charge in [-0.25, -0.2) is 0 Å². The van der Waals surface area contributed by atoms with Crippen LogP contribution in [-0.4, -0.2) is 45.5 Å². The van der Waals surface area contributed by atoms with E-state index in [0.29, 0.717) is 6.54 Å². The molecule has 0 spiro atoms. The highest BCUT2D eigenvalue weighted by Crippen LogP contribution is 2.32. The molecule has 1 aromatic heterocycles. The number of imide groups is 1. The largest absolute Gasteiger partial charge is 0.339 e. The third-order valence-corrected chi connectivity index (χ3v) is 5.08. The average molecular weight is 373 g/mol. The first-order valence-electron chi connectivity index (χ1n) is 7.75. The van der Waals surface area contributed by atoms with Gasteiger partial charge in [0.25, 0.3) is 17.5 Å². The Morgan fingerprint density at radius 3 is 2.62 bits per heavy atom. The lowest BCUT2D eigenvalue weighted by Crippen LogP contribution is -2.48. The lowest BCUT2D eigenvalue weighted by molar-refractivity contribution is -0.385. The van der Waals surface area contributed by atoms with E-state index in [-0.39, 0.29) is 11.1 Å². The minimum atomic E-state index is -1.06. The fourth-order valence-corrected chi connectivity index (χ4v) is 3.69. The van der Waals surface area contributed by atoms with Gasteiger partial charge in [0.2, 0.25) is 5.91 Å². The molecule has 8 nitrogen and oxygen atoms in total. The number of carbonyl (C=O) groups excluding carboxylic acids is 3. The number of nitro benzene ring substituents is 1. The minimum Gasteiger partial charge on any atom is -0.339 e. The monoisotopic (exact) mass is 373 g/mol. The summed E-state index contributed by atoms with van der Waals surface area (Å²) in [6, 6.07) is 6.56. The molecule has 0 aliphatic carbocycles. The van der Waals surface area contributed by atoms with Crippen LogP contribution in [0.25, 0.3) is 0 Å². The van der Waals surface area contributed by atoms with E-state index in [2.05, 4.69) is 0 Å². The van der Waals surface area contributed by atoms with Gasteiger partial charge in [-0.1, -0.05) is 12.1 Å². The van der Waals surface area contributed by atoms with Crippen LogP contribution in [0.4, 0.5) is 5.69 Å². The maximum atomic E-state index is 12.7. The van der Waals surface area contributed by atoms with E-state index in [1.54, 1.807) is 7.05 Å². The van der Waals surface area contributed by atoms with Crippen LogP contribution in [0.15, 0.2) is 35.7 Å². The Bertz CT molecular complexity index is 909. The van der Waals surface area contributed by atoms with E-state index in [1.807, 2.05) is 17.5 Å². The average Bonchev–Trinajstić information content (AvgIpc) is 3.20. The van der Waals surface area contributed by atoms with E-state index in [1.165, 1.54) is 41.4 Å². The highest BCUT2D eigenvalue weighted by atomic mass is 32.1. The molecule has 3 rings (SSSR count). The second kappa shape index (κ2) is 6.68. The van der Waals surface area contributed by atoms with Crippen molar-refractivity contribution >= 4 is 34.7 Å². The molecule has 0 bridgehead atoms. The Hall–Kier alpha value is -3.07. The van der Waals surface area contributed by atoms with E-state index < -0.39 is 34.4 Å². The third kappa shape index (κ3) is 2.86. The summed E-state index contributed by atoms with van der Waals surface area (Å²) in [5.41, 5.74) is -0.747. The zero-order valence-electron chi connectivity index (χ0n) is 14.0. The molecular formula is C17H15N3O5S. The first-order valence-corrected chi connectivity index (χ1v) is 8.63. The molecule has 2 aromatic rings. The van der Waals surface area contributed by atoms with Gasteiger partial charge in [-0.2, -0.15) is 0 Å². The highest BCUT2D eigenvalue weighted by Gasteiger charge is 2.45. The van der Waals surface area contributed by atoms with Gasteiger partial charge in [0, 0.05) is 18.0 Å². The van der Waals surface area contributed by atoms with Crippen molar-refractivity contribution in [2.75, 3.05) is 7.05 Å². The fourth-order valence-electron chi connectivity index (χ4n) is 2.93. The zero-order valence-corrected chi connectivity index (χ0v) is 14.9. The summed E-state index contributed by atoms with van der Waals surface area (Å²) in [5.74, 6) is -1.93. The second-order valence-electron chi connectivity index (χ2n) is 5.89. The van der Waals surface area contributed by atoms with Gasteiger partial charge in [0.05, 0.1) is 17.0 Å². The molecule has 134 valence electrons. The van der Waals surface area contributed by atoms with Crippen molar-refractivity contribution < 1.29 is 19.3 Å². The molecule has 0 saturated carbocycles. The quantitative estimate of drug-likeness (QED) is 0.455. The van der Waals surface area contributed by atoms with Crippen molar-refractivity contribution in [2.45, 2.75) is 19.5 Å². The van der Waals surface area contributed by atoms with Crippen LogP contribution < -0.4 is 0 Å². The first-order chi connectivity index (χ1) is 12.3. The number of fused-ring (bicyclic) bond motifs is 1. The molecule has 1 unspecified atom stereocenters.